The molecule has 96 valence electrons. The third-order valence-corrected chi connectivity index (χ3v) is 2.34. The summed E-state index contributed by atoms with van der Waals surface area (Å²) >= 11 is 0. The Morgan fingerprint density at radius 3 is 2.61 bits per heavy atom. The van der Waals surface area contributed by atoms with Crippen LogP contribution in [0.2, 0.25) is 0 Å². The molecular formula is C13H15NO4. The molecule has 0 amide bonds. The van der Waals surface area contributed by atoms with Crippen molar-refractivity contribution >= 4 is 11.5 Å². The predicted octanol–water partition coefficient (Wildman–Crippen LogP) is 3.14. The van der Waals surface area contributed by atoms with Gasteiger partial charge in [-0.25, -0.2) is 0 Å². The molecule has 0 aliphatic carbocycles. The van der Waals surface area contributed by atoms with Crippen LogP contribution in [0.5, 0.6) is 5.75 Å². The summed E-state index contributed by atoms with van der Waals surface area (Å²) in [5, 5.41) is 10.8. The van der Waals surface area contributed by atoms with Crippen molar-refractivity contribution in [3.63, 3.8) is 0 Å². The van der Waals surface area contributed by atoms with Gasteiger partial charge in [0.15, 0.2) is 5.78 Å². The highest BCUT2D eigenvalue weighted by atomic mass is 16.6. The minimum atomic E-state index is -0.581. The number of nitro benzene ring substituents is 1. The maximum Gasteiger partial charge on any atom is 0.283 e. The largest absolute Gasteiger partial charge is 0.493 e. The number of ketones is 1. The molecule has 0 aromatic heterocycles. The molecule has 5 heteroatoms. The van der Waals surface area contributed by atoms with E-state index in [1.165, 1.54) is 19.1 Å². The number of nitrogens with zero attached hydrogens (tertiary/aromatic N) is 1. The van der Waals surface area contributed by atoms with E-state index in [1.807, 2.05) is 6.92 Å². The first-order valence-corrected chi connectivity index (χ1v) is 5.48. The zero-order valence-electron chi connectivity index (χ0n) is 10.4. The lowest BCUT2D eigenvalue weighted by Crippen LogP contribution is -2.02. The summed E-state index contributed by atoms with van der Waals surface area (Å²) < 4.78 is 5.37. The van der Waals surface area contributed by atoms with E-state index in [2.05, 4.69) is 6.58 Å². The summed E-state index contributed by atoms with van der Waals surface area (Å²) in [6.45, 7) is 7.32. The average Bonchev–Trinajstić information content (AvgIpc) is 2.28. The van der Waals surface area contributed by atoms with Gasteiger partial charge in [0, 0.05) is 6.42 Å². The summed E-state index contributed by atoms with van der Waals surface area (Å²) in [6, 6.07) is 4.24. The Bertz CT molecular complexity index is 494. The van der Waals surface area contributed by atoms with Crippen molar-refractivity contribution in [2.45, 2.75) is 20.3 Å². The molecule has 1 aromatic carbocycles. The van der Waals surface area contributed by atoms with Crippen molar-refractivity contribution in [2.24, 2.45) is 0 Å². The highest BCUT2D eigenvalue weighted by molar-refractivity contribution is 5.98. The maximum atomic E-state index is 11.2. The molecule has 0 aliphatic rings. The highest BCUT2D eigenvalue weighted by Gasteiger charge is 2.18. The van der Waals surface area contributed by atoms with Crippen molar-refractivity contribution in [1.29, 1.82) is 0 Å². The number of ether oxygens (including phenoxy) is 1. The molecule has 0 N–H and O–H groups in total. The van der Waals surface area contributed by atoms with Gasteiger partial charge in [0.1, 0.15) is 5.75 Å². The standard InChI is InChI=1S/C13H15NO4/c1-9(2)6-7-18-11-4-5-12(10(3)15)13(8-11)14(16)17/h4-5,8H,1,6-7H2,2-3H3. The normalized spacial score (nSPS) is 9.89. The Labute approximate surface area is 105 Å². The number of carbonyl (C=O) groups is 1. The van der Waals surface area contributed by atoms with Gasteiger partial charge in [-0.3, -0.25) is 14.9 Å². The van der Waals surface area contributed by atoms with Gasteiger partial charge in [-0.15, -0.1) is 6.58 Å². The van der Waals surface area contributed by atoms with Crippen LogP contribution in [0.15, 0.2) is 30.4 Å². The first-order valence-electron chi connectivity index (χ1n) is 5.48. The number of carbonyl (C=O) groups excluding carboxylic acids is 1. The van der Waals surface area contributed by atoms with Crippen molar-refractivity contribution in [3.8, 4) is 5.75 Å². The lowest BCUT2D eigenvalue weighted by Gasteiger charge is -2.07. The van der Waals surface area contributed by atoms with E-state index in [0.717, 1.165) is 5.57 Å². The van der Waals surface area contributed by atoms with Crippen LogP contribution < -0.4 is 4.74 Å². The van der Waals surface area contributed by atoms with Crippen LogP contribution in [0.4, 0.5) is 5.69 Å². The number of hydrogen-bond donors (Lipinski definition) is 0. The minimum Gasteiger partial charge on any atom is -0.493 e. The van der Waals surface area contributed by atoms with Gasteiger partial charge in [-0.05, 0) is 26.0 Å². The number of hydrogen-bond acceptors (Lipinski definition) is 4. The lowest BCUT2D eigenvalue weighted by atomic mass is 10.1. The van der Waals surface area contributed by atoms with E-state index >= 15 is 0 Å². The molecule has 1 aromatic rings. The van der Waals surface area contributed by atoms with Crippen LogP contribution in [0, 0.1) is 10.1 Å². The van der Waals surface area contributed by atoms with Gasteiger partial charge in [-0.1, -0.05) is 5.57 Å². The molecule has 0 spiro atoms. The molecule has 1 rings (SSSR count). The number of Topliss-reactive ketones (excluding diaryl/α,β-unsaturated/α-hetero) is 1. The van der Waals surface area contributed by atoms with Gasteiger partial charge in [0.05, 0.1) is 23.2 Å². The summed E-state index contributed by atoms with van der Waals surface area (Å²) in [6.07, 6.45) is 0.683. The maximum absolute atomic E-state index is 11.2. The molecule has 0 fully saturated rings. The molecule has 0 atom stereocenters. The number of nitro groups is 1. The Morgan fingerprint density at radius 1 is 1.44 bits per heavy atom. The summed E-state index contributed by atoms with van der Waals surface area (Å²) in [4.78, 5) is 21.5. The molecule has 0 saturated carbocycles. The molecule has 18 heavy (non-hydrogen) atoms. The fraction of sp³-hybridized carbons (Fsp3) is 0.308. The third kappa shape index (κ3) is 3.69. The van der Waals surface area contributed by atoms with Gasteiger partial charge < -0.3 is 4.74 Å². The fourth-order valence-corrected chi connectivity index (χ4v) is 1.39. The van der Waals surface area contributed by atoms with E-state index in [9.17, 15) is 14.9 Å². The number of benzene rings is 1. The second-order valence-electron chi connectivity index (χ2n) is 4.05. The van der Waals surface area contributed by atoms with Crippen LogP contribution >= 0.6 is 0 Å². The SMILES string of the molecule is C=C(C)CCOc1ccc(C(C)=O)c([N+](=O)[O-])c1. The quantitative estimate of drug-likeness (QED) is 0.336. The van der Waals surface area contributed by atoms with Crippen molar-refractivity contribution in [1.82, 2.24) is 0 Å². The predicted molar refractivity (Wildman–Crippen MR) is 68.0 cm³/mol. The second kappa shape index (κ2) is 5.95. The molecule has 5 nitrogen and oxygen atoms in total. The summed E-state index contributed by atoms with van der Waals surface area (Å²) in [7, 11) is 0. The van der Waals surface area contributed by atoms with Crippen LogP contribution in [0.25, 0.3) is 0 Å². The van der Waals surface area contributed by atoms with Crippen LogP contribution in [0.3, 0.4) is 0 Å². The molecule has 0 aliphatic heterocycles. The minimum absolute atomic E-state index is 0.0900. The molecule has 0 unspecified atom stereocenters. The monoisotopic (exact) mass is 249 g/mol. The van der Waals surface area contributed by atoms with Gasteiger partial charge in [0.2, 0.25) is 0 Å². The van der Waals surface area contributed by atoms with E-state index in [0.29, 0.717) is 18.8 Å². The van der Waals surface area contributed by atoms with E-state index in [4.69, 9.17) is 4.74 Å². The van der Waals surface area contributed by atoms with Gasteiger partial charge in [0.25, 0.3) is 5.69 Å². The molecular weight excluding hydrogens is 234 g/mol. The highest BCUT2D eigenvalue weighted by Crippen LogP contribution is 2.25. The van der Waals surface area contributed by atoms with Crippen LogP contribution in [-0.4, -0.2) is 17.3 Å². The van der Waals surface area contributed by atoms with Crippen LogP contribution in [-0.2, 0) is 0 Å². The fourth-order valence-electron chi connectivity index (χ4n) is 1.39. The summed E-state index contributed by atoms with van der Waals surface area (Å²) in [5.41, 5.74) is 0.840. The van der Waals surface area contributed by atoms with Gasteiger partial charge in [-0.2, -0.15) is 0 Å². The van der Waals surface area contributed by atoms with Crippen molar-refractivity contribution < 1.29 is 14.5 Å². The summed E-state index contributed by atoms with van der Waals surface area (Å²) in [5.74, 6) is 0.0446. The van der Waals surface area contributed by atoms with E-state index in [-0.39, 0.29) is 17.0 Å². The third-order valence-electron chi connectivity index (χ3n) is 2.34. The van der Waals surface area contributed by atoms with Crippen LogP contribution in [0.1, 0.15) is 30.6 Å². The Hall–Kier alpha value is -2.17. The topological polar surface area (TPSA) is 69.4 Å². The molecule has 0 saturated heterocycles. The number of rotatable bonds is 6. The van der Waals surface area contributed by atoms with Crippen molar-refractivity contribution in [3.05, 3.63) is 46.0 Å². The first kappa shape index (κ1) is 13.9. The van der Waals surface area contributed by atoms with Crippen molar-refractivity contribution in [2.75, 3.05) is 6.61 Å². The van der Waals surface area contributed by atoms with E-state index < -0.39 is 4.92 Å². The zero-order chi connectivity index (χ0) is 13.7. The molecule has 0 radical (unpaired) electrons. The van der Waals surface area contributed by atoms with E-state index in [1.54, 1.807) is 6.07 Å². The molecule has 0 heterocycles. The molecule has 0 bridgehead atoms. The zero-order valence-corrected chi connectivity index (χ0v) is 10.4. The smallest absolute Gasteiger partial charge is 0.283 e. The Balaban J connectivity index is 2.90. The Morgan fingerprint density at radius 2 is 2.11 bits per heavy atom. The average molecular weight is 249 g/mol. The van der Waals surface area contributed by atoms with Gasteiger partial charge >= 0.3 is 0 Å². The Kier molecular flexibility index (Phi) is 4.59. The second-order valence-corrected chi connectivity index (χ2v) is 4.05. The lowest BCUT2D eigenvalue weighted by molar-refractivity contribution is -0.385. The first-order chi connectivity index (χ1) is 8.41.